The molecule has 2 heterocycles. The molecule has 13 heteroatoms. The lowest BCUT2D eigenvalue weighted by atomic mass is 10.1. The van der Waals surface area contributed by atoms with Crippen molar-refractivity contribution in [3.63, 3.8) is 0 Å². The first-order valence-electron chi connectivity index (χ1n) is 9.49. The fourth-order valence-electron chi connectivity index (χ4n) is 2.71. The molecule has 182 valence electrons. The average molecular weight is 515 g/mol. The maximum atomic E-state index is 13.0. The van der Waals surface area contributed by atoms with Gasteiger partial charge in [-0.25, -0.2) is 4.98 Å². The summed E-state index contributed by atoms with van der Waals surface area (Å²) in [7, 11) is 0. The highest BCUT2D eigenvalue weighted by Crippen LogP contribution is 2.31. The highest BCUT2D eigenvalue weighted by Gasteiger charge is 2.32. The zero-order valence-corrected chi connectivity index (χ0v) is 18.0. The molecule has 0 saturated carbocycles. The van der Waals surface area contributed by atoms with E-state index in [1.807, 2.05) is 0 Å². The van der Waals surface area contributed by atoms with Crippen LogP contribution < -0.4 is 10.6 Å². The number of rotatable bonds is 5. The number of alkyl halides is 6. The van der Waals surface area contributed by atoms with Crippen LogP contribution in [0.3, 0.4) is 0 Å². The fourth-order valence-corrected chi connectivity index (χ4v) is 2.88. The summed E-state index contributed by atoms with van der Waals surface area (Å²) in [5, 5.41) is 4.57. The number of aromatic nitrogens is 2. The van der Waals surface area contributed by atoms with Gasteiger partial charge >= 0.3 is 12.4 Å². The predicted molar refractivity (Wildman–Crippen MR) is 115 cm³/mol. The Bertz CT molecular complexity index is 1270. The Morgan fingerprint density at radius 3 is 2.03 bits per heavy atom. The standard InChI is InChI=1S/C22H13ClF6N4O2/c23-18-10-15(6-7-30-18)33-20(35)16(8-12-4-5-17(31-11-12)22(27,28)29)19(34)32-14-3-1-2-13(9-14)21(24,25)26/h1-11H,(H,32,34)(H,30,33,35). The van der Waals surface area contributed by atoms with Gasteiger partial charge in [0.2, 0.25) is 0 Å². The van der Waals surface area contributed by atoms with E-state index in [-0.39, 0.29) is 22.1 Å². The Balaban J connectivity index is 1.94. The van der Waals surface area contributed by atoms with Crippen LogP contribution in [0.5, 0.6) is 0 Å². The van der Waals surface area contributed by atoms with Gasteiger partial charge in [0.25, 0.3) is 11.8 Å². The monoisotopic (exact) mass is 514 g/mol. The molecule has 0 aliphatic rings. The van der Waals surface area contributed by atoms with E-state index < -0.39 is 41.0 Å². The Morgan fingerprint density at radius 2 is 1.49 bits per heavy atom. The molecule has 3 aromatic rings. The van der Waals surface area contributed by atoms with Gasteiger partial charge in [-0.2, -0.15) is 26.3 Å². The van der Waals surface area contributed by atoms with Crippen molar-refractivity contribution < 1.29 is 35.9 Å². The number of carbonyl (C=O) groups is 2. The summed E-state index contributed by atoms with van der Waals surface area (Å²) in [6.07, 6.45) is -6.39. The lowest BCUT2D eigenvalue weighted by Gasteiger charge is -2.12. The lowest BCUT2D eigenvalue weighted by Crippen LogP contribution is -2.25. The van der Waals surface area contributed by atoms with E-state index >= 15 is 0 Å². The third-order valence-corrected chi connectivity index (χ3v) is 4.52. The first-order valence-corrected chi connectivity index (χ1v) is 9.87. The second-order valence-electron chi connectivity index (χ2n) is 6.89. The molecule has 2 aromatic heterocycles. The minimum atomic E-state index is -4.70. The molecule has 0 radical (unpaired) electrons. The minimum absolute atomic E-state index is 0.0219. The van der Waals surface area contributed by atoms with Crippen LogP contribution in [0.25, 0.3) is 6.08 Å². The van der Waals surface area contributed by atoms with Gasteiger partial charge in [-0.3, -0.25) is 14.6 Å². The van der Waals surface area contributed by atoms with Crippen molar-refractivity contribution in [3.05, 3.63) is 88.5 Å². The molecule has 6 nitrogen and oxygen atoms in total. The second kappa shape index (κ2) is 10.1. The van der Waals surface area contributed by atoms with Crippen LogP contribution >= 0.6 is 11.6 Å². The molecule has 0 spiro atoms. The number of nitrogens with one attached hydrogen (secondary N) is 2. The van der Waals surface area contributed by atoms with Crippen LogP contribution in [0.4, 0.5) is 37.7 Å². The number of halogens is 7. The van der Waals surface area contributed by atoms with E-state index in [4.69, 9.17) is 11.6 Å². The molecular formula is C22H13ClF6N4O2. The number of nitrogens with zero attached hydrogens (tertiary/aromatic N) is 2. The van der Waals surface area contributed by atoms with Gasteiger partial charge in [0.1, 0.15) is 16.4 Å². The molecular weight excluding hydrogens is 502 g/mol. The zero-order valence-electron chi connectivity index (χ0n) is 17.2. The van der Waals surface area contributed by atoms with Crippen LogP contribution in [0.2, 0.25) is 5.15 Å². The van der Waals surface area contributed by atoms with Crippen molar-refractivity contribution in [1.82, 2.24) is 9.97 Å². The summed E-state index contributed by atoms with van der Waals surface area (Å²) in [5.74, 6) is -2.14. The SMILES string of the molecule is O=C(Nc1cccc(C(F)(F)F)c1)C(=Cc1ccc(C(F)(F)F)nc1)C(=O)Nc1ccnc(Cl)c1. The molecule has 0 aliphatic carbocycles. The number of anilines is 2. The van der Waals surface area contributed by atoms with Crippen molar-refractivity contribution in [2.24, 2.45) is 0 Å². The first kappa shape index (κ1) is 25.7. The molecule has 0 fully saturated rings. The summed E-state index contributed by atoms with van der Waals surface area (Å²) in [6, 6.07) is 7.92. The quantitative estimate of drug-likeness (QED) is 0.148. The van der Waals surface area contributed by atoms with Gasteiger partial charge in [-0.1, -0.05) is 23.7 Å². The lowest BCUT2D eigenvalue weighted by molar-refractivity contribution is -0.141. The Hall–Kier alpha value is -3.93. The summed E-state index contributed by atoms with van der Waals surface area (Å²) in [5.41, 5.74) is -3.03. The van der Waals surface area contributed by atoms with Crippen molar-refractivity contribution in [2.75, 3.05) is 10.6 Å². The van der Waals surface area contributed by atoms with E-state index in [1.165, 1.54) is 24.4 Å². The first-order chi connectivity index (χ1) is 16.3. The second-order valence-corrected chi connectivity index (χ2v) is 7.27. The largest absolute Gasteiger partial charge is 0.433 e. The van der Waals surface area contributed by atoms with Crippen LogP contribution in [-0.2, 0) is 21.9 Å². The average Bonchev–Trinajstić information content (AvgIpc) is 2.76. The molecule has 35 heavy (non-hydrogen) atoms. The number of benzene rings is 1. The van der Waals surface area contributed by atoms with Gasteiger partial charge in [0.15, 0.2) is 0 Å². The Morgan fingerprint density at radius 1 is 0.829 bits per heavy atom. The summed E-state index contributed by atoms with van der Waals surface area (Å²) in [4.78, 5) is 32.7. The van der Waals surface area contributed by atoms with Gasteiger partial charge in [-0.15, -0.1) is 0 Å². The molecule has 0 atom stereocenters. The Labute approximate surface area is 198 Å². The molecule has 0 saturated heterocycles. The van der Waals surface area contributed by atoms with E-state index in [1.54, 1.807) is 0 Å². The number of pyridine rings is 2. The van der Waals surface area contributed by atoms with Crippen LogP contribution in [-0.4, -0.2) is 21.8 Å². The van der Waals surface area contributed by atoms with Crippen LogP contribution in [0.15, 0.2) is 66.5 Å². The van der Waals surface area contributed by atoms with Crippen LogP contribution in [0.1, 0.15) is 16.8 Å². The zero-order chi connectivity index (χ0) is 25.8. The van der Waals surface area contributed by atoms with Gasteiger partial charge in [0, 0.05) is 23.8 Å². The van der Waals surface area contributed by atoms with Crippen LogP contribution in [0, 0.1) is 0 Å². The van der Waals surface area contributed by atoms with Crippen molar-refractivity contribution in [1.29, 1.82) is 0 Å². The smallest absolute Gasteiger partial charge is 0.322 e. The molecule has 2 N–H and O–H groups in total. The molecule has 0 aliphatic heterocycles. The third kappa shape index (κ3) is 7.03. The molecule has 3 rings (SSSR count). The van der Waals surface area contributed by atoms with Gasteiger partial charge in [0.05, 0.1) is 5.56 Å². The number of amides is 2. The summed E-state index contributed by atoms with van der Waals surface area (Å²) < 4.78 is 77.3. The predicted octanol–water partition coefficient (Wildman–Crippen LogP) is 5.83. The summed E-state index contributed by atoms with van der Waals surface area (Å²) in [6.45, 7) is 0. The number of hydrogen-bond acceptors (Lipinski definition) is 4. The maximum Gasteiger partial charge on any atom is 0.433 e. The highest BCUT2D eigenvalue weighted by atomic mass is 35.5. The van der Waals surface area contributed by atoms with Crippen molar-refractivity contribution >= 4 is 40.9 Å². The maximum absolute atomic E-state index is 13.0. The third-order valence-electron chi connectivity index (χ3n) is 4.31. The van der Waals surface area contributed by atoms with Crippen molar-refractivity contribution in [2.45, 2.75) is 12.4 Å². The number of hydrogen-bond donors (Lipinski definition) is 2. The molecule has 2 amide bonds. The van der Waals surface area contributed by atoms with E-state index in [9.17, 15) is 35.9 Å². The fraction of sp³-hybridized carbons (Fsp3) is 0.0909. The highest BCUT2D eigenvalue weighted by molar-refractivity contribution is 6.30. The van der Waals surface area contributed by atoms with Gasteiger partial charge in [-0.05, 0) is 48.0 Å². The van der Waals surface area contributed by atoms with E-state index in [0.717, 1.165) is 30.5 Å². The van der Waals surface area contributed by atoms with E-state index in [0.29, 0.717) is 12.1 Å². The van der Waals surface area contributed by atoms with Gasteiger partial charge < -0.3 is 10.6 Å². The Kier molecular flexibility index (Phi) is 7.44. The van der Waals surface area contributed by atoms with E-state index in [2.05, 4.69) is 20.6 Å². The minimum Gasteiger partial charge on any atom is -0.322 e. The summed E-state index contributed by atoms with van der Waals surface area (Å²) >= 11 is 5.76. The normalized spacial score (nSPS) is 12.3. The van der Waals surface area contributed by atoms with Crippen molar-refractivity contribution in [3.8, 4) is 0 Å². The number of carbonyl (C=O) groups excluding carboxylic acids is 2. The molecule has 1 aromatic carbocycles. The topological polar surface area (TPSA) is 84.0 Å². The molecule has 0 bridgehead atoms. The molecule has 0 unspecified atom stereocenters.